The number of benzene rings is 1. The van der Waals surface area contributed by atoms with Crippen molar-refractivity contribution in [3.05, 3.63) is 30.0 Å². The van der Waals surface area contributed by atoms with Crippen LogP contribution in [0.1, 0.15) is 5.56 Å². The molecule has 5 heteroatoms. The van der Waals surface area contributed by atoms with Crippen molar-refractivity contribution >= 4 is 10.9 Å². The number of nitrogens with zero attached hydrogens (tertiary/aromatic N) is 2. The van der Waals surface area contributed by atoms with E-state index in [9.17, 15) is 5.11 Å². The van der Waals surface area contributed by atoms with Crippen LogP contribution >= 0.6 is 0 Å². The fourth-order valence-corrected chi connectivity index (χ4v) is 2.22. The summed E-state index contributed by atoms with van der Waals surface area (Å²) in [6.45, 7) is 1.91. The Balaban J connectivity index is 1.96. The molecule has 1 aliphatic heterocycles. The standard InChI is InChI=1S/C13H16N2O3/c1-17-13(8-18-9-13)7-15-12-4-10(6-16)2-3-11(12)5-14-15/h2-5,16H,6-9H2,1H3. The van der Waals surface area contributed by atoms with Crippen LogP contribution in [0, 0.1) is 0 Å². The topological polar surface area (TPSA) is 56.5 Å². The molecule has 0 amide bonds. The highest BCUT2D eigenvalue weighted by Crippen LogP contribution is 2.25. The number of hydrogen-bond acceptors (Lipinski definition) is 4. The highest BCUT2D eigenvalue weighted by Gasteiger charge is 2.39. The summed E-state index contributed by atoms with van der Waals surface area (Å²) in [5, 5.41) is 14.6. The van der Waals surface area contributed by atoms with Gasteiger partial charge in [0.2, 0.25) is 0 Å². The number of methoxy groups -OCH3 is 1. The largest absolute Gasteiger partial charge is 0.392 e. The molecule has 18 heavy (non-hydrogen) atoms. The molecule has 2 aromatic rings. The Hall–Kier alpha value is -1.43. The van der Waals surface area contributed by atoms with Crippen LogP contribution in [0.4, 0.5) is 0 Å². The van der Waals surface area contributed by atoms with Crippen molar-refractivity contribution in [1.29, 1.82) is 0 Å². The van der Waals surface area contributed by atoms with Crippen molar-refractivity contribution in [2.75, 3.05) is 20.3 Å². The lowest BCUT2D eigenvalue weighted by molar-refractivity contribution is -0.203. The van der Waals surface area contributed by atoms with Gasteiger partial charge in [0, 0.05) is 12.5 Å². The van der Waals surface area contributed by atoms with Crippen LogP contribution in [0.5, 0.6) is 0 Å². The molecule has 3 rings (SSSR count). The second-order valence-electron chi connectivity index (χ2n) is 4.73. The molecule has 0 atom stereocenters. The normalized spacial score (nSPS) is 17.9. The highest BCUT2D eigenvalue weighted by atomic mass is 16.6. The summed E-state index contributed by atoms with van der Waals surface area (Å²) < 4.78 is 12.7. The molecule has 5 nitrogen and oxygen atoms in total. The lowest BCUT2D eigenvalue weighted by Crippen LogP contribution is -2.54. The van der Waals surface area contributed by atoms with Crippen LogP contribution in [-0.2, 0) is 22.6 Å². The number of aliphatic hydroxyl groups is 1. The van der Waals surface area contributed by atoms with E-state index < -0.39 is 0 Å². The van der Waals surface area contributed by atoms with Crippen LogP contribution in [0.25, 0.3) is 10.9 Å². The molecule has 1 aromatic heterocycles. The summed E-state index contributed by atoms with van der Waals surface area (Å²) in [7, 11) is 1.70. The third-order valence-electron chi connectivity index (χ3n) is 3.49. The van der Waals surface area contributed by atoms with Crippen molar-refractivity contribution in [3.63, 3.8) is 0 Å². The Labute approximate surface area is 105 Å². The van der Waals surface area contributed by atoms with Crippen LogP contribution in [-0.4, -0.2) is 40.8 Å². The van der Waals surface area contributed by atoms with Crippen molar-refractivity contribution in [3.8, 4) is 0 Å². The van der Waals surface area contributed by atoms with Gasteiger partial charge in [0.1, 0.15) is 5.60 Å². The van der Waals surface area contributed by atoms with Gasteiger partial charge in [-0.2, -0.15) is 5.10 Å². The summed E-state index contributed by atoms with van der Waals surface area (Å²) in [5.74, 6) is 0. The van der Waals surface area contributed by atoms with Crippen molar-refractivity contribution in [2.45, 2.75) is 18.8 Å². The maximum atomic E-state index is 9.19. The smallest absolute Gasteiger partial charge is 0.134 e. The van der Waals surface area contributed by atoms with E-state index in [1.54, 1.807) is 7.11 Å². The average Bonchev–Trinajstić information content (AvgIpc) is 2.76. The molecule has 0 unspecified atom stereocenters. The van der Waals surface area contributed by atoms with Gasteiger partial charge in [-0.15, -0.1) is 0 Å². The van der Waals surface area contributed by atoms with E-state index in [1.807, 2.05) is 29.1 Å². The predicted octanol–water partition coefficient (Wildman–Crippen LogP) is 0.944. The Morgan fingerprint density at radius 2 is 2.33 bits per heavy atom. The lowest BCUT2D eigenvalue weighted by Gasteiger charge is -2.39. The molecule has 0 saturated carbocycles. The van der Waals surface area contributed by atoms with E-state index in [0.717, 1.165) is 16.5 Å². The maximum absolute atomic E-state index is 9.19. The number of aliphatic hydroxyl groups excluding tert-OH is 1. The van der Waals surface area contributed by atoms with Gasteiger partial charge in [0.25, 0.3) is 0 Å². The van der Waals surface area contributed by atoms with E-state index >= 15 is 0 Å². The third-order valence-corrected chi connectivity index (χ3v) is 3.49. The van der Waals surface area contributed by atoms with Gasteiger partial charge in [-0.25, -0.2) is 0 Å². The molecule has 1 fully saturated rings. The van der Waals surface area contributed by atoms with Crippen LogP contribution < -0.4 is 0 Å². The maximum Gasteiger partial charge on any atom is 0.134 e. The van der Waals surface area contributed by atoms with E-state index in [1.165, 1.54) is 0 Å². The summed E-state index contributed by atoms with van der Waals surface area (Å²) in [6, 6.07) is 5.85. The van der Waals surface area contributed by atoms with Gasteiger partial charge in [-0.05, 0) is 11.6 Å². The number of hydrogen-bond donors (Lipinski definition) is 1. The fraction of sp³-hybridized carbons (Fsp3) is 0.462. The Morgan fingerprint density at radius 1 is 1.50 bits per heavy atom. The average molecular weight is 248 g/mol. The molecule has 1 aliphatic rings. The number of fused-ring (bicyclic) bond motifs is 1. The highest BCUT2D eigenvalue weighted by molar-refractivity contribution is 5.79. The number of rotatable bonds is 4. The summed E-state index contributed by atoms with van der Waals surface area (Å²) in [5.41, 5.74) is 1.65. The lowest BCUT2D eigenvalue weighted by atomic mass is 10.0. The van der Waals surface area contributed by atoms with Gasteiger partial charge in [0.15, 0.2) is 0 Å². The van der Waals surface area contributed by atoms with Crippen molar-refractivity contribution < 1.29 is 14.6 Å². The fourth-order valence-electron chi connectivity index (χ4n) is 2.22. The number of aromatic nitrogens is 2. The zero-order chi connectivity index (χ0) is 12.6. The van der Waals surface area contributed by atoms with Crippen molar-refractivity contribution in [2.24, 2.45) is 0 Å². The van der Waals surface area contributed by atoms with Crippen LogP contribution in [0.2, 0.25) is 0 Å². The molecule has 0 spiro atoms. The molecular formula is C13H16N2O3. The first kappa shape index (κ1) is 11.6. The minimum Gasteiger partial charge on any atom is -0.392 e. The second-order valence-corrected chi connectivity index (χ2v) is 4.73. The zero-order valence-electron chi connectivity index (χ0n) is 10.3. The Morgan fingerprint density at radius 3 is 2.94 bits per heavy atom. The molecular weight excluding hydrogens is 232 g/mol. The van der Waals surface area contributed by atoms with E-state index in [4.69, 9.17) is 9.47 Å². The first-order valence-corrected chi connectivity index (χ1v) is 5.94. The Bertz CT molecular complexity index is 555. The predicted molar refractivity (Wildman–Crippen MR) is 66.2 cm³/mol. The number of ether oxygens (including phenoxy) is 2. The van der Waals surface area contributed by atoms with E-state index in [0.29, 0.717) is 19.8 Å². The molecule has 0 bridgehead atoms. The van der Waals surface area contributed by atoms with Gasteiger partial charge in [-0.1, -0.05) is 12.1 Å². The van der Waals surface area contributed by atoms with E-state index in [2.05, 4.69) is 5.10 Å². The molecule has 2 heterocycles. The van der Waals surface area contributed by atoms with Crippen LogP contribution in [0.15, 0.2) is 24.4 Å². The summed E-state index contributed by atoms with van der Waals surface area (Å²) in [6.07, 6.45) is 1.83. The van der Waals surface area contributed by atoms with Gasteiger partial charge >= 0.3 is 0 Å². The van der Waals surface area contributed by atoms with Crippen molar-refractivity contribution in [1.82, 2.24) is 9.78 Å². The Kier molecular flexibility index (Phi) is 2.81. The molecule has 1 saturated heterocycles. The quantitative estimate of drug-likeness (QED) is 0.875. The third kappa shape index (κ3) is 1.80. The molecule has 0 radical (unpaired) electrons. The van der Waals surface area contributed by atoms with E-state index in [-0.39, 0.29) is 12.2 Å². The van der Waals surface area contributed by atoms with Crippen LogP contribution in [0.3, 0.4) is 0 Å². The zero-order valence-corrected chi connectivity index (χ0v) is 10.3. The molecule has 0 aliphatic carbocycles. The molecule has 1 N–H and O–H groups in total. The van der Waals surface area contributed by atoms with Gasteiger partial charge in [-0.3, -0.25) is 4.68 Å². The monoisotopic (exact) mass is 248 g/mol. The van der Waals surface area contributed by atoms with Gasteiger partial charge in [0.05, 0.1) is 38.1 Å². The SMILES string of the molecule is COC1(Cn2ncc3ccc(CO)cc32)COC1. The summed E-state index contributed by atoms with van der Waals surface area (Å²) in [4.78, 5) is 0. The first-order valence-electron chi connectivity index (χ1n) is 5.94. The molecule has 96 valence electrons. The second kappa shape index (κ2) is 4.35. The first-order chi connectivity index (χ1) is 8.76. The summed E-state index contributed by atoms with van der Waals surface area (Å²) >= 11 is 0. The minimum atomic E-state index is -0.256. The molecule has 1 aromatic carbocycles. The minimum absolute atomic E-state index is 0.0413. The van der Waals surface area contributed by atoms with Gasteiger partial charge < -0.3 is 14.6 Å².